The van der Waals surface area contributed by atoms with E-state index in [4.69, 9.17) is 0 Å². The number of amides is 2. The van der Waals surface area contributed by atoms with E-state index in [9.17, 15) is 22.8 Å². The second-order valence-corrected chi connectivity index (χ2v) is 8.25. The summed E-state index contributed by atoms with van der Waals surface area (Å²) in [5, 5.41) is 0. The molecule has 9 heteroatoms. The van der Waals surface area contributed by atoms with Gasteiger partial charge in [0.2, 0.25) is 5.91 Å². The molecule has 1 unspecified atom stereocenters. The summed E-state index contributed by atoms with van der Waals surface area (Å²) in [7, 11) is 0. The Morgan fingerprint density at radius 2 is 1.57 bits per heavy atom. The molecule has 158 valence electrons. The van der Waals surface area contributed by atoms with Gasteiger partial charge in [0, 0.05) is 36.3 Å². The Morgan fingerprint density at radius 3 is 2.20 bits per heavy atom. The van der Waals surface area contributed by atoms with Crippen LogP contribution in [0.5, 0.6) is 0 Å². The number of piperazine rings is 1. The molecule has 2 saturated heterocycles. The first-order chi connectivity index (χ1) is 14.2. The molecule has 30 heavy (non-hydrogen) atoms. The summed E-state index contributed by atoms with van der Waals surface area (Å²) in [5.74, 6) is -0.498. The molecule has 0 bridgehead atoms. The molecule has 0 spiro atoms. The number of hydrogen-bond donors (Lipinski definition) is 0. The molecule has 0 aliphatic carbocycles. The van der Waals surface area contributed by atoms with Crippen molar-refractivity contribution in [1.29, 1.82) is 0 Å². The molecule has 0 N–H and O–H groups in total. The summed E-state index contributed by atoms with van der Waals surface area (Å²) >= 11 is 3.34. The fourth-order valence-corrected chi connectivity index (χ4v) is 4.20. The number of carbonyl (C=O) groups excluding carboxylic acids is 2. The number of imide groups is 1. The minimum Gasteiger partial charge on any atom is -0.369 e. The molecule has 2 aliphatic rings. The van der Waals surface area contributed by atoms with Gasteiger partial charge in [0.25, 0.3) is 5.91 Å². The largest absolute Gasteiger partial charge is 0.416 e. The van der Waals surface area contributed by atoms with Crippen LogP contribution in [-0.2, 0) is 15.8 Å². The molecule has 2 amide bonds. The second kappa shape index (κ2) is 8.03. The van der Waals surface area contributed by atoms with Gasteiger partial charge >= 0.3 is 6.18 Å². The van der Waals surface area contributed by atoms with E-state index in [0.29, 0.717) is 37.6 Å². The summed E-state index contributed by atoms with van der Waals surface area (Å²) in [6, 6.07) is 11.7. The Bertz CT molecular complexity index is 957. The van der Waals surface area contributed by atoms with Crippen LogP contribution >= 0.6 is 15.9 Å². The molecule has 1 atom stereocenters. The highest BCUT2D eigenvalue weighted by Gasteiger charge is 2.43. The van der Waals surface area contributed by atoms with Gasteiger partial charge in [0.05, 0.1) is 23.7 Å². The standard InChI is InChI=1S/C21H19BrF3N3O2/c22-15-4-6-16(7-5-15)28-19(29)13-18(20(28)30)27-10-8-26(9-11-27)17-3-1-2-14(12-17)21(23,24)25/h1-7,12,18H,8-11,13H2. The Balaban J connectivity index is 1.43. The van der Waals surface area contributed by atoms with Crippen LogP contribution in [0.15, 0.2) is 53.0 Å². The van der Waals surface area contributed by atoms with Crippen LogP contribution in [0.25, 0.3) is 0 Å². The van der Waals surface area contributed by atoms with Crippen LogP contribution in [0.2, 0.25) is 0 Å². The van der Waals surface area contributed by atoms with Crippen molar-refractivity contribution >= 4 is 39.1 Å². The fourth-order valence-electron chi connectivity index (χ4n) is 3.93. The summed E-state index contributed by atoms with van der Waals surface area (Å²) in [5.41, 5.74) is 0.372. The minimum atomic E-state index is -4.38. The molecule has 2 aromatic rings. The first kappa shape index (κ1) is 20.9. The Hall–Kier alpha value is -2.39. The zero-order chi connectivity index (χ0) is 21.5. The van der Waals surface area contributed by atoms with Crippen molar-refractivity contribution in [2.24, 2.45) is 0 Å². The first-order valence-electron chi connectivity index (χ1n) is 9.52. The van der Waals surface area contributed by atoms with Crippen LogP contribution in [0.1, 0.15) is 12.0 Å². The number of carbonyl (C=O) groups is 2. The number of benzene rings is 2. The summed E-state index contributed by atoms with van der Waals surface area (Å²) in [6.45, 7) is 1.96. The normalized spacial score (nSPS) is 20.9. The molecule has 5 nitrogen and oxygen atoms in total. The number of anilines is 2. The van der Waals surface area contributed by atoms with Crippen LogP contribution in [0.4, 0.5) is 24.5 Å². The Labute approximate surface area is 180 Å². The Kier molecular flexibility index (Phi) is 5.59. The monoisotopic (exact) mass is 481 g/mol. The average molecular weight is 482 g/mol. The maximum Gasteiger partial charge on any atom is 0.416 e. The van der Waals surface area contributed by atoms with E-state index in [1.54, 1.807) is 30.3 Å². The average Bonchev–Trinajstić information content (AvgIpc) is 3.02. The molecule has 0 saturated carbocycles. The van der Waals surface area contributed by atoms with Crippen molar-refractivity contribution in [3.63, 3.8) is 0 Å². The topological polar surface area (TPSA) is 43.9 Å². The van der Waals surface area contributed by atoms with E-state index < -0.39 is 17.8 Å². The fraction of sp³-hybridized carbons (Fsp3) is 0.333. The van der Waals surface area contributed by atoms with E-state index in [2.05, 4.69) is 15.9 Å². The van der Waals surface area contributed by atoms with Gasteiger partial charge in [-0.1, -0.05) is 22.0 Å². The number of halogens is 4. The third kappa shape index (κ3) is 4.09. The highest BCUT2D eigenvalue weighted by Crippen LogP contribution is 2.32. The molecule has 0 aromatic heterocycles. The molecular formula is C21H19BrF3N3O2. The van der Waals surface area contributed by atoms with Gasteiger partial charge in [-0.3, -0.25) is 14.5 Å². The van der Waals surface area contributed by atoms with E-state index in [0.717, 1.165) is 16.6 Å². The molecule has 0 radical (unpaired) electrons. The lowest BCUT2D eigenvalue weighted by Crippen LogP contribution is -2.52. The molecular weight excluding hydrogens is 463 g/mol. The molecule has 2 aliphatic heterocycles. The van der Waals surface area contributed by atoms with Crippen LogP contribution < -0.4 is 9.80 Å². The quantitative estimate of drug-likeness (QED) is 0.623. The van der Waals surface area contributed by atoms with Gasteiger partial charge in [-0.25, -0.2) is 4.90 Å². The lowest BCUT2D eigenvalue weighted by Gasteiger charge is -2.38. The molecule has 2 heterocycles. The van der Waals surface area contributed by atoms with Crippen molar-refractivity contribution < 1.29 is 22.8 Å². The third-order valence-electron chi connectivity index (χ3n) is 5.50. The predicted octanol–water partition coefficient (Wildman–Crippen LogP) is 3.92. The maximum absolute atomic E-state index is 13.0. The SMILES string of the molecule is O=C1CC(N2CCN(c3cccc(C(F)(F)F)c3)CC2)C(=O)N1c1ccc(Br)cc1. The zero-order valence-corrected chi connectivity index (χ0v) is 17.5. The summed E-state index contributed by atoms with van der Waals surface area (Å²) in [4.78, 5) is 30.5. The predicted molar refractivity (Wildman–Crippen MR) is 110 cm³/mol. The molecule has 4 rings (SSSR count). The lowest BCUT2D eigenvalue weighted by molar-refractivity contribution is -0.137. The Morgan fingerprint density at radius 1 is 0.900 bits per heavy atom. The van der Waals surface area contributed by atoms with Crippen molar-refractivity contribution in [2.45, 2.75) is 18.6 Å². The summed E-state index contributed by atoms with van der Waals surface area (Å²) < 4.78 is 39.8. The molecule has 2 fully saturated rings. The number of alkyl halides is 3. The zero-order valence-electron chi connectivity index (χ0n) is 15.9. The third-order valence-corrected chi connectivity index (χ3v) is 6.03. The lowest BCUT2D eigenvalue weighted by atomic mass is 10.1. The molecule has 2 aromatic carbocycles. The highest BCUT2D eigenvalue weighted by molar-refractivity contribution is 9.10. The van der Waals surface area contributed by atoms with Gasteiger partial charge in [-0.2, -0.15) is 13.2 Å². The van der Waals surface area contributed by atoms with Crippen molar-refractivity contribution in [3.05, 3.63) is 58.6 Å². The van der Waals surface area contributed by atoms with E-state index in [1.807, 2.05) is 9.80 Å². The van der Waals surface area contributed by atoms with E-state index in [1.165, 1.54) is 11.0 Å². The second-order valence-electron chi connectivity index (χ2n) is 7.33. The van der Waals surface area contributed by atoms with Crippen molar-refractivity contribution in [3.8, 4) is 0 Å². The smallest absolute Gasteiger partial charge is 0.369 e. The summed E-state index contributed by atoms with van der Waals surface area (Å²) in [6.07, 6.45) is -4.27. The van der Waals surface area contributed by atoms with E-state index in [-0.39, 0.29) is 18.2 Å². The van der Waals surface area contributed by atoms with Gasteiger partial charge in [0.1, 0.15) is 0 Å². The van der Waals surface area contributed by atoms with Crippen molar-refractivity contribution in [2.75, 3.05) is 36.0 Å². The van der Waals surface area contributed by atoms with Crippen LogP contribution in [0, 0.1) is 0 Å². The highest BCUT2D eigenvalue weighted by atomic mass is 79.9. The first-order valence-corrected chi connectivity index (χ1v) is 10.3. The van der Waals surface area contributed by atoms with Gasteiger partial charge in [0.15, 0.2) is 0 Å². The van der Waals surface area contributed by atoms with Gasteiger partial charge < -0.3 is 4.90 Å². The minimum absolute atomic E-state index is 0.110. The van der Waals surface area contributed by atoms with Gasteiger partial charge in [-0.15, -0.1) is 0 Å². The van der Waals surface area contributed by atoms with Crippen LogP contribution in [-0.4, -0.2) is 48.9 Å². The van der Waals surface area contributed by atoms with E-state index >= 15 is 0 Å². The maximum atomic E-state index is 13.0. The number of rotatable bonds is 3. The van der Waals surface area contributed by atoms with Crippen molar-refractivity contribution in [1.82, 2.24) is 4.90 Å². The number of hydrogen-bond acceptors (Lipinski definition) is 4. The van der Waals surface area contributed by atoms with Gasteiger partial charge in [-0.05, 0) is 42.5 Å². The number of nitrogens with zero attached hydrogens (tertiary/aromatic N) is 3. The van der Waals surface area contributed by atoms with Crippen LogP contribution in [0.3, 0.4) is 0 Å².